The van der Waals surface area contributed by atoms with Gasteiger partial charge in [0.2, 0.25) is 0 Å². The van der Waals surface area contributed by atoms with Gasteiger partial charge >= 0.3 is 12.1 Å². The third-order valence-corrected chi connectivity index (χ3v) is 2.78. The smallest absolute Gasteiger partial charge is 0.407 e. The Balaban J connectivity index is 5.40. The zero-order valence-electron chi connectivity index (χ0n) is 14.4. The summed E-state index contributed by atoms with van der Waals surface area (Å²) in [5.41, 5.74) is 0. The van der Waals surface area contributed by atoms with E-state index in [0.29, 0.717) is 0 Å². The van der Waals surface area contributed by atoms with E-state index in [4.69, 9.17) is 18.9 Å². The molecule has 0 fully saturated rings. The van der Waals surface area contributed by atoms with E-state index < -0.39 is 30.3 Å². The molecule has 0 aromatic carbocycles. The number of alkyl carbamates (subject to hydrolysis) is 1. The van der Waals surface area contributed by atoms with E-state index in [1.54, 1.807) is 0 Å². The molecule has 0 bridgehead atoms. The fraction of sp³-hybridized carbons (Fsp3) is 0.600. The zero-order valence-corrected chi connectivity index (χ0v) is 14.4. The molecule has 0 spiro atoms. The summed E-state index contributed by atoms with van der Waals surface area (Å²) in [4.78, 5) is 22.9. The molecule has 0 aliphatic rings. The lowest BCUT2D eigenvalue weighted by atomic mass is 10.0. The van der Waals surface area contributed by atoms with Crippen molar-refractivity contribution in [1.82, 2.24) is 5.32 Å². The van der Waals surface area contributed by atoms with Crippen molar-refractivity contribution < 1.29 is 38.0 Å². The van der Waals surface area contributed by atoms with Crippen molar-refractivity contribution in [3.8, 4) is 0 Å². The Morgan fingerprint density at radius 3 is 2.17 bits per heavy atom. The second-order valence-electron chi connectivity index (χ2n) is 4.36. The minimum absolute atomic E-state index is 0.0187. The molecule has 0 radical (unpaired) electrons. The molecule has 9 nitrogen and oxygen atoms in total. The Kier molecular flexibility index (Phi) is 12.4. The lowest BCUT2D eigenvalue weighted by Crippen LogP contribution is -2.49. The molecule has 0 heterocycles. The lowest BCUT2D eigenvalue weighted by Gasteiger charge is -2.30. The van der Waals surface area contributed by atoms with Gasteiger partial charge in [-0.3, -0.25) is 0 Å². The number of hydrogen-bond acceptors (Lipinski definition) is 8. The van der Waals surface area contributed by atoms with Gasteiger partial charge in [0.05, 0.1) is 20.3 Å². The summed E-state index contributed by atoms with van der Waals surface area (Å²) >= 11 is 0. The van der Waals surface area contributed by atoms with Crippen LogP contribution in [0.25, 0.3) is 0 Å². The Morgan fingerprint density at radius 2 is 1.67 bits per heavy atom. The van der Waals surface area contributed by atoms with Gasteiger partial charge in [0, 0.05) is 20.3 Å². The Bertz CT molecular complexity index is 412. The minimum Gasteiger partial charge on any atom is -0.466 e. The molecular formula is C15H25NO8. The number of esters is 1. The van der Waals surface area contributed by atoms with E-state index in [9.17, 15) is 9.59 Å². The van der Waals surface area contributed by atoms with Crippen LogP contribution in [0.2, 0.25) is 0 Å². The fourth-order valence-electron chi connectivity index (χ4n) is 1.68. The van der Waals surface area contributed by atoms with Crippen LogP contribution in [0.15, 0.2) is 24.8 Å². The van der Waals surface area contributed by atoms with Gasteiger partial charge in [0.25, 0.3) is 0 Å². The van der Waals surface area contributed by atoms with Gasteiger partial charge < -0.3 is 33.7 Å². The molecule has 0 aromatic heterocycles. The Morgan fingerprint density at radius 1 is 1.04 bits per heavy atom. The number of rotatable bonds is 12. The van der Waals surface area contributed by atoms with Gasteiger partial charge in [-0.15, -0.1) is 6.58 Å². The van der Waals surface area contributed by atoms with Gasteiger partial charge in [-0.05, 0) is 0 Å². The molecule has 24 heavy (non-hydrogen) atoms. The summed E-state index contributed by atoms with van der Waals surface area (Å²) in [5, 5.41) is 2.54. The highest BCUT2D eigenvalue weighted by atomic mass is 16.7. The van der Waals surface area contributed by atoms with Gasteiger partial charge in [-0.1, -0.05) is 12.2 Å². The van der Waals surface area contributed by atoms with Crippen LogP contribution in [-0.4, -0.2) is 72.3 Å². The van der Waals surface area contributed by atoms with Crippen LogP contribution >= 0.6 is 0 Å². The maximum absolute atomic E-state index is 11.6. The quantitative estimate of drug-likeness (QED) is 0.237. The zero-order chi connectivity index (χ0) is 18.4. The largest absolute Gasteiger partial charge is 0.466 e. The molecule has 0 saturated heterocycles. The predicted octanol–water partition coefficient (Wildman–Crippen LogP) is 0.604. The highest BCUT2D eigenvalue weighted by Crippen LogP contribution is 2.13. The molecule has 9 heteroatoms. The second-order valence-corrected chi connectivity index (χ2v) is 4.36. The standard InChI is InChI=1S/C15H25NO8/c1-6-12(23-9-19-2)14(24-10-20-3)11(16-15(18)22-5)7-8-13(17)21-4/h6-8,11-12,14H,1,9-10H2,2-5H3,(H,16,18)/b8-7+/t11?,12-,14?/m1/s1. The number of ether oxygens (including phenoxy) is 6. The van der Waals surface area contributed by atoms with Crippen LogP contribution in [0, 0.1) is 0 Å². The van der Waals surface area contributed by atoms with Crippen LogP contribution in [0.4, 0.5) is 4.79 Å². The summed E-state index contributed by atoms with van der Waals surface area (Å²) in [5.74, 6) is -0.592. The third kappa shape index (κ3) is 8.63. The van der Waals surface area contributed by atoms with E-state index in [1.165, 1.54) is 40.6 Å². The molecule has 138 valence electrons. The number of methoxy groups -OCH3 is 4. The molecule has 0 aliphatic carbocycles. The first-order chi connectivity index (χ1) is 11.5. The highest BCUT2D eigenvalue weighted by Gasteiger charge is 2.30. The average Bonchev–Trinajstić information content (AvgIpc) is 2.60. The minimum atomic E-state index is -0.786. The molecule has 0 aliphatic heterocycles. The maximum atomic E-state index is 11.6. The van der Waals surface area contributed by atoms with Crippen LogP contribution < -0.4 is 5.32 Å². The highest BCUT2D eigenvalue weighted by molar-refractivity contribution is 5.82. The maximum Gasteiger partial charge on any atom is 0.407 e. The molecular weight excluding hydrogens is 322 g/mol. The van der Waals surface area contributed by atoms with Crippen LogP contribution in [0.1, 0.15) is 0 Å². The molecule has 0 rings (SSSR count). The number of carbonyl (C=O) groups is 2. The number of nitrogens with one attached hydrogen (secondary N) is 1. The van der Waals surface area contributed by atoms with Gasteiger partial charge in [0.15, 0.2) is 0 Å². The second kappa shape index (κ2) is 13.5. The van der Waals surface area contributed by atoms with E-state index in [1.807, 2.05) is 0 Å². The number of carbonyl (C=O) groups excluding carboxylic acids is 2. The van der Waals surface area contributed by atoms with Crippen LogP contribution in [0.5, 0.6) is 0 Å². The summed E-state index contributed by atoms with van der Waals surface area (Å²) in [6.45, 7) is 3.58. The van der Waals surface area contributed by atoms with Crippen molar-refractivity contribution in [3.63, 3.8) is 0 Å². The van der Waals surface area contributed by atoms with E-state index in [-0.39, 0.29) is 13.6 Å². The van der Waals surface area contributed by atoms with Crippen molar-refractivity contribution in [2.24, 2.45) is 0 Å². The summed E-state index contributed by atoms with van der Waals surface area (Å²) in [6, 6.07) is -0.786. The average molecular weight is 347 g/mol. The topological polar surface area (TPSA) is 102 Å². The predicted molar refractivity (Wildman–Crippen MR) is 84.2 cm³/mol. The summed E-state index contributed by atoms with van der Waals surface area (Å²) in [6.07, 6.45) is 1.89. The molecule has 3 atom stereocenters. The third-order valence-electron chi connectivity index (χ3n) is 2.78. The van der Waals surface area contributed by atoms with Crippen molar-refractivity contribution >= 4 is 12.1 Å². The number of hydrogen-bond donors (Lipinski definition) is 1. The Labute approximate surface area is 141 Å². The van der Waals surface area contributed by atoms with Crippen molar-refractivity contribution in [3.05, 3.63) is 24.8 Å². The first kappa shape index (κ1) is 22.1. The van der Waals surface area contributed by atoms with Crippen molar-refractivity contribution in [2.45, 2.75) is 18.2 Å². The Hall–Kier alpha value is -1.94. The van der Waals surface area contributed by atoms with E-state index >= 15 is 0 Å². The first-order valence-corrected chi connectivity index (χ1v) is 6.98. The van der Waals surface area contributed by atoms with Crippen LogP contribution in [-0.2, 0) is 33.2 Å². The molecule has 0 saturated carbocycles. The molecule has 0 aromatic rings. The normalized spacial score (nSPS) is 14.7. The number of amides is 1. The summed E-state index contributed by atoms with van der Waals surface area (Å²) in [7, 11) is 5.37. The van der Waals surface area contributed by atoms with E-state index in [2.05, 4.69) is 21.4 Å². The van der Waals surface area contributed by atoms with Crippen molar-refractivity contribution in [1.29, 1.82) is 0 Å². The van der Waals surface area contributed by atoms with Gasteiger partial charge in [-0.2, -0.15) is 0 Å². The van der Waals surface area contributed by atoms with Crippen LogP contribution in [0.3, 0.4) is 0 Å². The van der Waals surface area contributed by atoms with Gasteiger partial charge in [0.1, 0.15) is 25.8 Å². The summed E-state index contributed by atoms with van der Waals surface area (Å²) < 4.78 is 29.9. The van der Waals surface area contributed by atoms with Gasteiger partial charge in [-0.25, -0.2) is 9.59 Å². The van der Waals surface area contributed by atoms with E-state index in [0.717, 1.165) is 6.08 Å². The molecule has 2 unspecified atom stereocenters. The first-order valence-electron chi connectivity index (χ1n) is 6.98. The SMILES string of the molecule is C=C[C@@H](OCOC)C(OCOC)C(/C=C/C(=O)OC)NC(=O)OC. The fourth-order valence-corrected chi connectivity index (χ4v) is 1.68. The monoisotopic (exact) mass is 347 g/mol. The lowest BCUT2D eigenvalue weighted by molar-refractivity contribution is -0.147. The molecule has 1 amide bonds. The van der Waals surface area contributed by atoms with Crippen molar-refractivity contribution in [2.75, 3.05) is 42.0 Å². The molecule has 1 N–H and O–H groups in total.